The first-order valence-electron chi connectivity index (χ1n) is 12.8. The van der Waals surface area contributed by atoms with E-state index in [-0.39, 0.29) is 11.8 Å². The van der Waals surface area contributed by atoms with Crippen LogP contribution >= 0.6 is 9.24 Å². The summed E-state index contributed by atoms with van der Waals surface area (Å²) in [4.78, 5) is 18.5. The monoisotopic (exact) mass is 525 g/mol. The minimum atomic E-state index is -0.262. The third-order valence-corrected chi connectivity index (χ3v) is 7.47. The highest BCUT2D eigenvalue weighted by atomic mass is 31.0. The third kappa shape index (κ3) is 4.70. The number of benzene rings is 2. The van der Waals surface area contributed by atoms with Gasteiger partial charge in [-0.2, -0.15) is 5.10 Å². The molecule has 0 saturated carbocycles. The van der Waals surface area contributed by atoms with Gasteiger partial charge >= 0.3 is 0 Å². The van der Waals surface area contributed by atoms with Crippen LogP contribution in [0.1, 0.15) is 58.2 Å². The molecule has 0 aliphatic carbocycles. The summed E-state index contributed by atoms with van der Waals surface area (Å²) in [5, 5.41) is 8.33. The Hall–Kier alpha value is -3.96. The lowest BCUT2D eigenvalue weighted by Crippen LogP contribution is -2.15. The summed E-state index contributed by atoms with van der Waals surface area (Å²) in [6.45, 7) is 6.99. The molecule has 0 radical (unpaired) electrons. The molecule has 5 aromatic rings. The highest BCUT2D eigenvalue weighted by Crippen LogP contribution is 2.36. The van der Waals surface area contributed by atoms with Crippen molar-refractivity contribution in [2.75, 3.05) is 12.4 Å². The van der Waals surface area contributed by atoms with Crippen LogP contribution in [0.2, 0.25) is 0 Å². The number of ether oxygens (including phenoxy) is 1. The number of anilines is 1. The largest absolute Gasteiger partial charge is 0.496 e. The van der Waals surface area contributed by atoms with Gasteiger partial charge in [-0.1, -0.05) is 55.5 Å². The van der Waals surface area contributed by atoms with Gasteiger partial charge in [0.15, 0.2) is 0 Å². The summed E-state index contributed by atoms with van der Waals surface area (Å²) < 4.78 is 9.44. The normalized spacial score (nSPS) is 12.0. The van der Waals surface area contributed by atoms with Crippen LogP contribution in [-0.4, -0.2) is 32.2 Å². The van der Waals surface area contributed by atoms with Crippen LogP contribution in [0.25, 0.3) is 5.65 Å². The smallest absolute Gasteiger partial charge is 0.261 e. The molecule has 1 amide bonds. The topological polar surface area (TPSA) is 73.4 Å². The minimum absolute atomic E-state index is 0.0668. The molecule has 0 aliphatic rings. The predicted octanol–water partition coefficient (Wildman–Crippen LogP) is 5.36. The molecule has 194 valence electrons. The highest BCUT2D eigenvalue weighted by Gasteiger charge is 2.27. The van der Waals surface area contributed by atoms with E-state index in [2.05, 4.69) is 76.0 Å². The van der Waals surface area contributed by atoms with Gasteiger partial charge in [-0.25, -0.2) is 4.98 Å². The van der Waals surface area contributed by atoms with Gasteiger partial charge in [0.1, 0.15) is 11.4 Å². The maximum atomic E-state index is 13.3. The van der Waals surface area contributed by atoms with E-state index in [0.717, 1.165) is 35.3 Å². The fourth-order valence-electron chi connectivity index (χ4n) is 5.01. The number of methoxy groups -OCH3 is 1. The molecule has 8 heteroatoms. The van der Waals surface area contributed by atoms with E-state index in [9.17, 15) is 4.79 Å². The van der Waals surface area contributed by atoms with Gasteiger partial charge in [0.2, 0.25) is 0 Å². The molecule has 2 atom stereocenters. The first-order valence-corrected chi connectivity index (χ1v) is 13.3. The molecule has 2 unspecified atom stereocenters. The molecule has 0 fully saturated rings. The summed E-state index contributed by atoms with van der Waals surface area (Å²) >= 11 is 0. The molecule has 7 nitrogen and oxygen atoms in total. The molecule has 0 spiro atoms. The Morgan fingerprint density at radius 1 is 1.08 bits per heavy atom. The Bertz CT molecular complexity index is 1580. The second kappa shape index (κ2) is 10.8. The quantitative estimate of drug-likeness (QED) is 0.277. The number of nitrogens with one attached hydrogen (secondary N) is 1. The van der Waals surface area contributed by atoms with Crippen LogP contribution in [0.3, 0.4) is 0 Å². The Kier molecular flexibility index (Phi) is 7.30. The molecule has 0 saturated heterocycles. The lowest BCUT2D eigenvalue weighted by Gasteiger charge is -2.21. The van der Waals surface area contributed by atoms with E-state index in [1.165, 1.54) is 16.7 Å². The van der Waals surface area contributed by atoms with E-state index in [4.69, 9.17) is 9.72 Å². The van der Waals surface area contributed by atoms with Crippen molar-refractivity contribution in [2.24, 2.45) is 0 Å². The zero-order chi connectivity index (χ0) is 26.8. The standard InChI is InChI=1S/C30H32N5O2P/c1-5-24-29(28(21-12-8-7-11-19(21)3)22-13-9-10-14-26(22)38)33-27-15-25(37-4)23(18-35(24)27)30(36)32-20-16-31-34(6-2)17-20/h7-18,28H,5-6,38H2,1-4H3,(H,32,36). The van der Waals surface area contributed by atoms with E-state index in [1.807, 2.05) is 35.9 Å². The number of carbonyl (C=O) groups excluding carboxylic acids is 1. The van der Waals surface area contributed by atoms with E-state index < -0.39 is 0 Å². The van der Waals surface area contributed by atoms with Crippen LogP contribution in [-0.2, 0) is 13.0 Å². The van der Waals surface area contributed by atoms with Crippen molar-refractivity contribution in [3.63, 3.8) is 0 Å². The first kappa shape index (κ1) is 25.7. The van der Waals surface area contributed by atoms with Crippen molar-refractivity contribution in [1.82, 2.24) is 19.2 Å². The third-order valence-electron chi connectivity index (χ3n) is 6.95. The molecule has 1 N–H and O–H groups in total. The fraction of sp³-hybridized carbons (Fsp3) is 0.233. The van der Waals surface area contributed by atoms with E-state index in [0.29, 0.717) is 17.0 Å². The van der Waals surface area contributed by atoms with E-state index >= 15 is 0 Å². The van der Waals surface area contributed by atoms with Crippen molar-refractivity contribution in [1.29, 1.82) is 0 Å². The summed E-state index contributed by atoms with van der Waals surface area (Å²) in [5.74, 6) is 0.140. The number of pyridine rings is 1. The molecule has 38 heavy (non-hydrogen) atoms. The van der Waals surface area contributed by atoms with Crippen molar-refractivity contribution < 1.29 is 9.53 Å². The lowest BCUT2D eigenvalue weighted by molar-refractivity contribution is 0.102. The molecule has 3 aromatic heterocycles. The summed E-state index contributed by atoms with van der Waals surface area (Å²) in [6, 6.07) is 18.7. The molecule has 3 heterocycles. The van der Waals surface area contributed by atoms with Crippen LogP contribution in [0, 0.1) is 6.92 Å². The number of hydrogen-bond donors (Lipinski definition) is 1. The van der Waals surface area contributed by atoms with Crippen molar-refractivity contribution >= 4 is 31.8 Å². The number of aromatic nitrogens is 4. The Labute approximate surface area is 225 Å². The summed E-state index contributed by atoms with van der Waals surface area (Å²) in [5.41, 5.74) is 7.43. The first-order chi connectivity index (χ1) is 18.4. The van der Waals surface area contributed by atoms with Gasteiger partial charge < -0.3 is 14.5 Å². The molecule has 0 aliphatic heterocycles. The Morgan fingerprint density at radius 2 is 1.82 bits per heavy atom. The zero-order valence-electron chi connectivity index (χ0n) is 22.1. The van der Waals surface area contributed by atoms with Gasteiger partial charge in [0.25, 0.3) is 5.91 Å². The van der Waals surface area contributed by atoms with Gasteiger partial charge in [-0.15, -0.1) is 9.24 Å². The number of hydrogen-bond acceptors (Lipinski definition) is 4. The minimum Gasteiger partial charge on any atom is -0.496 e. The molecule has 0 bridgehead atoms. The molecule has 5 rings (SSSR count). The number of aryl methyl sites for hydroxylation is 3. The average molecular weight is 526 g/mol. The SMILES string of the molecule is CCc1c(C(c2ccccc2C)c2ccccc2P)nc2cc(OC)c(C(=O)Nc3cnn(CC)c3)cn12. The zero-order valence-corrected chi connectivity index (χ0v) is 23.3. The average Bonchev–Trinajstić information content (AvgIpc) is 3.53. The predicted molar refractivity (Wildman–Crippen MR) is 155 cm³/mol. The van der Waals surface area contributed by atoms with Gasteiger partial charge in [-0.05, 0) is 42.3 Å². The summed E-state index contributed by atoms with van der Waals surface area (Å²) in [6.07, 6.45) is 6.04. The molecular formula is C30H32N5O2P. The number of nitrogens with zero attached hydrogens (tertiary/aromatic N) is 4. The number of fused-ring (bicyclic) bond motifs is 1. The maximum Gasteiger partial charge on any atom is 0.261 e. The van der Waals surface area contributed by atoms with Crippen LogP contribution in [0.5, 0.6) is 5.75 Å². The number of rotatable bonds is 8. The number of amides is 1. The fourth-order valence-corrected chi connectivity index (χ4v) is 5.38. The summed E-state index contributed by atoms with van der Waals surface area (Å²) in [7, 11) is 4.45. The number of carbonyl (C=O) groups is 1. The second-order valence-corrected chi connectivity index (χ2v) is 9.86. The van der Waals surface area contributed by atoms with Crippen molar-refractivity contribution in [3.05, 3.63) is 107 Å². The Morgan fingerprint density at radius 3 is 2.47 bits per heavy atom. The second-order valence-electron chi connectivity index (χ2n) is 9.24. The number of imidazole rings is 1. The lowest BCUT2D eigenvalue weighted by atomic mass is 9.85. The van der Waals surface area contributed by atoms with Crippen LogP contribution in [0.15, 0.2) is 73.2 Å². The Balaban J connectivity index is 1.68. The van der Waals surface area contributed by atoms with Gasteiger partial charge in [-0.3, -0.25) is 9.48 Å². The molecule has 2 aromatic carbocycles. The van der Waals surface area contributed by atoms with Crippen molar-refractivity contribution in [2.45, 2.75) is 39.7 Å². The van der Waals surface area contributed by atoms with Gasteiger partial charge in [0.05, 0.1) is 36.2 Å². The van der Waals surface area contributed by atoms with Crippen LogP contribution in [0.4, 0.5) is 5.69 Å². The van der Waals surface area contributed by atoms with Crippen molar-refractivity contribution in [3.8, 4) is 5.75 Å². The van der Waals surface area contributed by atoms with E-state index in [1.54, 1.807) is 18.0 Å². The highest BCUT2D eigenvalue weighted by molar-refractivity contribution is 7.27. The molecular weight excluding hydrogens is 493 g/mol. The van der Waals surface area contributed by atoms with Crippen LogP contribution < -0.4 is 15.4 Å². The maximum absolute atomic E-state index is 13.3. The van der Waals surface area contributed by atoms with Gasteiger partial charge in [0, 0.05) is 30.7 Å².